The van der Waals surface area contributed by atoms with Crippen LogP contribution in [0.5, 0.6) is 0 Å². The number of rotatable bonds is 7. The van der Waals surface area contributed by atoms with Crippen molar-refractivity contribution < 1.29 is 14.7 Å². The Morgan fingerprint density at radius 3 is 2.29 bits per heavy atom. The first-order chi connectivity index (χ1) is 9.86. The molecule has 1 heterocycles. The van der Waals surface area contributed by atoms with E-state index in [9.17, 15) is 14.7 Å². The Morgan fingerprint density at radius 1 is 1.29 bits per heavy atom. The van der Waals surface area contributed by atoms with Crippen molar-refractivity contribution in [2.45, 2.75) is 26.7 Å². The minimum Gasteiger partial charge on any atom is -0.481 e. The van der Waals surface area contributed by atoms with Crippen molar-refractivity contribution in [2.75, 3.05) is 25.5 Å². The van der Waals surface area contributed by atoms with Crippen LogP contribution in [0.25, 0.3) is 0 Å². The lowest BCUT2D eigenvalue weighted by Gasteiger charge is -2.26. The second kappa shape index (κ2) is 7.06. The van der Waals surface area contributed by atoms with Crippen molar-refractivity contribution in [3.63, 3.8) is 0 Å². The third-order valence-electron chi connectivity index (χ3n) is 3.86. The molecule has 0 spiro atoms. The van der Waals surface area contributed by atoms with E-state index in [0.717, 1.165) is 5.82 Å². The molecule has 0 saturated heterocycles. The summed E-state index contributed by atoms with van der Waals surface area (Å²) in [5.41, 5.74) is -0.487. The third kappa shape index (κ3) is 3.93. The quantitative estimate of drug-likeness (QED) is 0.800. The second-order valence-electron chi connectivity index (χ2n) is 5.27. The summed E-state index contributed by atoms with van der Waals surface area (Å²) in [5.74, 6) is -0.428. The number of carboxylic acid groups (broad SMARTS) is 1. The van der Waals surface area contributed by atoms with Crippen LogP contribution in [0.3, 0.4) is 0 Å². The molecule has 1 amide bonds. The first-order valence-electron chi connectivity index (χ1n) is 7.01. The molecule has 6 heteroatoms. The van der Waals surface area contributed by atoms with Gasteiger partial charge in [-0.05, 0) is 25.0 Å². The Labute approximate surface area is 125 Å². The van der Waals surface area contributed by atoms with Crippen LogP contribution in [0.4, 0.5) is 5.82 Å². The number of carboxylic acids is 1. The van der Waals surface area contributed by atoms with E-state index in [0.29, 0.717) is 18.4 Å². The predicted molar refractivity (Wildman–Crippen MR) is 81.5 cm³/mol. The number of carbonyl (C=O) groups is 2. The van der Waals surface area contributed by atoms with Crippen molar-refractivity contribution in [2.24, 2.45) is 5.41 Å². The highest BCUT2D eigenvalue weighted by Crippen LogP contribution is 2.25. The summed E-state index contributed by atoms with van der Waals surface area (Å²) in [6.45, 7) is 3.75. The number of pyridine rings is 1. The molecule has 0 atom stereocenters. The van der Waals surface area contributed by atoms with Gasteiger partial charge in [0.2, 0.25) is 0 Å². The minimum absolute atomic E-state index is 0.115. The van der Waals surface area contributed by atoms with E-state index in [1.165, 1.54) is 6.20 Å². The van der Waals surface area contributed by atoms with Gasteiger partial charge in [-0.15, -0.1) is 0 Å². The van der Waals surface area contributed by atoms with Crippen LogP contribution in [0.2, 0.25) is 0 Å². The van der Waals surface area contributed by atoms with Crippen LogP contribution in [0.1, 0.15) is 37.0 Å². The predicted octanol–water partition coefficient (Wildman–Crippen LogP) is 1.77. The SMILES string of the molecule is CCC(CC)(CNC(=O)c1ccc(N(C)C)nc1)C(=O)O. The number of hydrogen-bond acceptors (Lipinski definition) is 4. The van der Waals surface area contributed by atoms with Gasteiger partial charge in [-0.3, -0.25) is 9.59 Å². The van der Waals surface area contributed by atoms with E-state index >= 15 is 0 Å². The maximum absolute atomic E-state index is 12.1. The molecule has 0 aliphatic heterocycles. The lowest BCUT2D eigenvalue weighted by Crippen LogP contribution is -2.42. The van der Waals surface area contributed by atoms with Crippen molar-refractivity contribution >= 4 is 17.7 Å². The van der Waals surface area contributed by atoms with Crippen molar-refractivity contribution in [3.8, 4) is 0 Å². The van der Waals surface area contributed by atoms with Gasteiger partial charge in [-0.2, -0.15) is 0 Å². The minimum atomic E-state index is -0.910. The summed E-state index contributed by atoms with van der Waals surface area (Å²) < 4.78 is 0. The van der Waals surface area contributed by atoms with E-state index in [-0.39, 0.29) is 12.5 Å². The topological polar surface area (TPSA) is 82.5 Å². The average molecular weight is 293 g/mol. The molecule has 1 aromatic heterocycles. The largest absolute Gasteiger partial charge is 0.481 e. The number of amides is 1. The van der Waals surface area contributed by atoms with Gasteiger partial charge < -0.3 is 15.3 Å². The normalized spacial score (nSPS) is 11.0. The summed E-state index contributed by atoms with van der Waals surface area (Å²) in [4.78, 5) is 29.5. The van der Waals surface area contributed by atoms with Gasteiger partial charge in [0.05, 0.1) is 11.0 Å². The van der Waals surface area contributed by atoms with Gasteiger partial charge in [-0.25, -0.2) is 4.98 Å². The standard InChI is InChI=1S/C15H23N3O3/c1-5-15(6-2,14(20)21)10-17-13(19)11-7-8-12(16-9-11)18(3)4/h7-9H,5-6,10H2,1-4H3,(H,17,19)(H,20,21). The molecule has 116 valence electrons. The van der Waals surface area contributed by atoms with Crippen molar-refractivity contribution in [1.82, 2.24) is 10.3 Å². The van der Waals surface area contributed by atoms with E-state index in [2.05, 4.69) is 10.3 Å². The maximum atomic E-state index is 12.1. The molecule has 0 aliphatic rings. The van der Waals surface area contributed by atoms with Gasteiger partial charge >= 0.3 is 5.97 Å². The Bertz CT molecular complexity index is 493. The van der Waals surface area contributed by atoms with Crippen molar-refractivity contribution in [3.05, 3.63) is 23.9 Å². The van der Waals surface area contributed by atoms with Gasteiger partial charge in [0.25, 0.3) is 5.91 Å². The summed E-state index contributed by atoms with van der Waals surface area (Å²) in [6.07, 6.45) is 2.43. The number of aliphatic carboxylic acids is 1. The first-order valence-corrected chi connectivity index (χ1v) is 7.01. The molecule has 0 fully saturated rings. The number of nitrogens with one attached hydrogen (secondary N) is 1. The molecule has 1 aromatic rings. The lowest BCUT2D eigenvalue weighted by molar-refractivity contribution is -0.149. The van der Waals surface area contributed by atoms with E-state index in [1.807, 2.05) is 32.8 Å². The molecular weight excluding hydrogens is 270 g/mol. The number of anilines is 1. The Kier molecular flexibility index (Phi) is 5.69. The molecule has 0 aliphatic carbocycles. The Morgan fingerprint density at radius 2 is 1.90 bits per heavy atom. The summed E-state index contributed by atoms with van der Waals surface area (Å²) in [6, 6.07) is 3.43. The van der Waals surface area contributed by atoms with Crippen LogP contribution < -0.4 is 10.2 Å². The molecule has 6 nitrogen and oxygen atoms in total. The Hall–Kier alpha value is -2.11. The molecular formula is C15H23N3O3. The molecule has 21 heavy (non-hydrogen) atoms. The molecule has 1 rings (SSSR count). The molecule has 2 N–H and O–H groups in total. The van der Waals surface area contributed by atoms with Gasteiger partial charge in [-0.1, -0.05) is 13.8 Å². The van der Waals surface area contributed by atoms with Gasteiger partial charge in [0, 0.05) is 26.8 Å². The fourth-order valence-electron chi connectivity index (χ4n) is 2.01. The smallest absolute Gasteiger partial charge is 0.311 e. The fourth-order valence-corrected chi connectivity index (χ4v) is 2.01. The van der Waals surface area contributed by atoms with Crippen LogP contribution in [0.15, 0.2) is 18.3 Å². The highest BCUT2D eigenvalue weighted by atomic mass is 16.4. The summed E-state index contributed by atoms with van der Waals surface area (Å²) in [7, 11) is 3.73. The number of hydrogen-bond donors (Lipinski definition) is 2. The third-order valence-corrected chi connectivity index (χ3v) is 3.86. The molecule has 0 aromatic carbocycles. The lowest BCUT2D eigenvalue weighted by atomic mass is 9.82. The molecule has 0 unspecified atom stereocenters. The monoisotopic (exact) mass is 293 g/mol. The number of aromatic nitrogens is 1. The zero-order chi connectivity index (χ0) is 16.0. The fraction of sp³-hybridized carbons (Fsp3) is 0.533. The second-order valence-corrected chi connectivity index (χ2v) is 5.27. The van der Waals surface area contributed by atoms with Gasteiger partial charge in [0.1, 0.15) is 5.82 Å². The highest BCUT2D eigenvalue weighted by Gasteiger charge is 2.35. The summed E-state index contributed by atoms with van der Waals surface area (Å²) in [5, 5.41) is 12.0. The van der Waals surface area contributed by atoms with E-state index in [1.54, 1.807) is 12.1 Å². The molecule has 0 bridgehead atoms. The number of carbonyl (C=O) groups excluding carboxylic acids is 1. The number of nitrogens with zero attached hydrogens (tertiary/aromatic N) is 2. The van der Waals surface area contributed by atoms with Crippen LogP contribution in [-0.2, 0) is 4.79 Å². The molecule has 0 saturated carbocycles. The zero-order valence-electron chi connectivity index (χ0n) is 13.0. The van der Waals surface area contributed by atoms with Crippen LogP contribution >= 0.6 is 0 Å². The van der Waals surface area contributed by atoms with Crippen molar-refractivity contribution in [1.29, 1.82) is 0 Å². The average Bonchev–Trinajstić information content (AvgIpc) is 2.48. The zero-order valence-corrected chi connectivity index (χ0v) is 13.0. The summed E-state index contributed by atoms with van der Waals surface area (Å²) >= 11 is 0. The van der Waals surface area contributed by atoms with Gasteiger partial charge in [0.15, 0.2) is 0 Å². The van der Waals surface area contributed by atoms with E-state index < -0.39 is 11.4 Å². The highest BCUT2D eigenvalue weighted by molar-refractivity contribution is 5.94. The maximum Gasteiger partial charge on any atom is 0.311 e. The van der Waals surface area contributed by atoms with E-state index in [4.69, 9.17) is 0 Å². The first kappa shape index (κ1) is 16.9. The molecule has 0 radical (unpaired) electrons. The van der Waals surface area contributed by atoms with Crippen LogP contribution in [0, 0.1) is 5.41 Å². The van der Waals surface area contributed by atoms with Crippen LogP contribution in [-0.4, -0.2) is 42.6 Å². The Balaban J connectivity index is 2.75.